The van der Waals surface area contributed by atoms with Crippen LogP contribution in [0, 0.1) is 0 Å². The predicted molar refractivity (Wildman–Crippen MR) is 98.6 cm³/mol. The van der Waals surface area contributed by atoms with E-state index in [9.17, 15) is 4.79 Å². The molecule has 134 valence electrons. The summed E-state index contributed by atoms with van der Waals surface area (Å²) in [4.78, 5) is 12.2. The Morgan fingerprint density at radius 1 is 1.32 bits per heavy atom. The molecule has 0 radical (unpaired) electrons. The first-order valence-electron chi connectivity index (χ1n) is 8.18. The number of amides is 1. The molecule has 9 heteroatoms. The van der Waals surface area contributed by atoms with Gasteiger partial charge in [0.15, 0.2) is 5.11 Å². The van der Waals surface area contributed by atoms with E-state index in [1.54, 1.807) is 28.9 Å². The largest absolute Gasteiger partial charge is 0.491 e. The lowest BCUT2D eigenvalue weighted by Gasteiger charge is -2.13. The van der Waals surface area contributed by atoms with Gasteiger partial charge in [0.05, 0.1) is 6.10 Å². The Morgan fingerprint density at radius 3 is 2.68 bits per heavy atom. The molecule has 0 aliphatic carbocycles. The molecule has 2 rings (SSSR count). The van der Waals surface area contributed by atoms with Gasteiger partial charge in [-0.1, -0.05) is 18.9 Å². The minimum atomic E-state index is -0.317. The van der Waals surface area contributed by atoms with E-state index in [-0.39, 0.29) is 17.1 Å². The van der Waals surface area contributed by atoms with Crippen LogP contribution in [-0.2, 0) is 6.54 Å². The van der Waals surface area contributed by atoms with E-state index >= 15 is 0 Å². The van der Waals surface area contributed by atoms with Crippen molar-refractivity contribution in [2.24, 2.45) is 0 Å². The number of ether oxygens (including phenoxy) is 1. The van der Waals surface area contributed by atoms with E-state index in [2.05, 4.69) is 33.1 Å². The first kappa shape index (κ1) is 18.8. The van der Waals surface area contributed by atoms with Gasteiger partial charge in [-0.3, -0.25) is 15.4 Å². The van der Waals surface area contributed by atoms with Crippen molar-refractivity contribution in [1.29, 1.82) is 0 Å². The summed E-state index contributed by atoms with van der Waals surface area (Å²) in [6.07, 6.45) is 1.93. The molecular formula is C16H22N6O2S. The Morgan fingerprint density at radius 2 is 2.04 bits per heavy atom. The van der Waals surface area contributed by atoms with Crippen LogP contribution in [0.4, 0.5) is 5.95 Å². The SMILES string of the molecule is CCCn1nnnc1NC(=S)NC(=O)c1ccc(O[C@@H](C)CC)cc1. The van der Waals surface area contributed by atoms with E-state index in [4.69, 9.17) is 17.0 Å². The lowest BCUT2D eigenvalue weighted by molar-refractivity contribution is 0.0977. The van der Waals surface area contributed by atoms with Crippen molar-refractivity contribution >= 4 is 29.2 Å². The number of tetrazole rings is 1. The number of nitrogens with one attached hydrogen (secondary N) is 2. The van der Waals surface area contributed by atoms with Gasteiger partial charge in [0, 0.05) is 12.1 Å². The number of carbonyl (C=O) groups excluding carboxylic acids is 1. The molecule has 0 fully saturated rings. The van der Waals surface area contributed by atoms with Gasteiger partial charge >= 0.3 is 0 Å². The van der Waals surface area contributed by atoms with Crippen molar-refractivity contribution in [3.63, 3.8) is 0 Å². The van der Waals surface area contributed by atoms with E-state index < -0.39 is 0 Å². The van der Waals surface area contributed by atoms with Crippen LogP contribution in [0.2, 0.25) is 0 Å². The van der Waals surface area contributed by atoms with Gasteiger partial charge in [-0.25, -0.2) is 4.68 Å². The Hall–Kier alpha value is -2.55. The molecule has 1 aromatic heterocycles. The summed E-state index contributed by atoms with van der Waals surface area (Å²) in [5.74, 6) is 0.803. The number of aryl methyl sites for hydroxylation is 1. The Balaban J connectivity index is 1.92. The summed E-state index contributed by atoms with van der Waals surface area (Å²) >= 11 is 5.14. The number of carbonyl (C=O) groups is 1. The maximum Gasteiger partial charge on any atom is 0.257 e. The van der Waals surface area contributed by atoms with Gasteiger partial charge in [-0.2, -0.15) is 0 Å². The van der Waals surface area contributed by atoms with Crippen molar-refractivity contribution in [3.05, 3.63) is 29.8 Å². The van der Waals surface area contributed by atoms with Gasteiger partial charge in [-0.05, 0) is 66.7 Å². The molecule has 8 nitrogen and oxygen atoms in total. The number of rotatable bonds is 7. The summed E-state index contributed by atoms with van der Waals surface area (Å²) in [5, 5.41) is 16.8. The number of benzene rings is 1. The molecule has 0 unspecified atom stereocenters. The highest BCUT2D eigenvalue weighted by Crippen LogP contribution is 2.15. The quantitative estimate of drug-likeness (QED) is 0.730. The molecule has 0 aliphatic heterocycles. The fourth-order valence-electron chi connectivity index (χ4n) is 1.97. The van der Waals surface area contributed by atoms with Crippen molar-refractivity contribution < 1.29 is 9.53 Å². The molecule has 2 N–H and O–H groups in total. The second kappa shape index (κ2) is 9.07. The molecule has 1 aromatic carbocycles. The van der Waals surface area contributed by atoms with E-state index in [1.165, 1.54) is 0 Å². The average Bonchev–Trinajstić information content (AvgIpc) is 3.02. The van der Waals surface area contributed by atoms with Crippen LogP contribution in [0.1, 0.15) is 44.0 Å². The zero-order valence-electron chi connectivity index (χ0n) is 14.5. The third kappa shape index (κ3) is 5.49. The molecule has 0 bridgehead atoms. The molecule has 1 heterocycles. The smallest absolute Gasteiger partial charge is 0.257 e. The van der Waals surface area contributed by atoms with Crippen LogP contribution >= 0.6 is 12.2 Å². The number of nitrogens with zero attached hydrogens (tertiary/aromatic N) is 4. The number of hydrogen-bond acceptors (Lipinski definition) is 6. The highest BCUT2D eigenvalue weighted by Gasteiger charge is 2.11. The second-order valence-corrected chi connectivity index (χ2v) is 5.90. The molecule has 1 amide bonds. The lowest BCUT2D eigenvalue weighted by Crippen LogP contribution is -2.35. The Bertz CT molecular complexity index is 716. The van der Waals surface area contributed by atoms with Crippen LogP contribution in [0.3, 0.4) is 0 Å². The molecule has 0 saturated heterocycles. The molecular weight excluding hydrogens is 340 g/mol. The standard InChI is InChI=1S/C16H22N6O2S/c1-4-10-22-15(19-20-21-22)18-16(25)17-14(23)12-6-8-13(9-7-12)24-11(3)5-2/h6-9,11H,4-5,10H2,1-3H3,(H2,17,18,19,21,23,25)/t11-/m0/s1. The summed E-state index contributed by atoms with van der Waals surface area (Å²) < 4.78 is 7.27. The summed E-state index contributed by atoms with van der Waals surface area (Å²) in [5.41, 5.74) is 0.480. The zero-order chi connectivity index (χ0) is 18.2. The van der Waals surface area contributed by atoms with Gasteiger partial charge < -0.3 is 4.74 Å². The number of thiocarbonyl (C=S) groups is 1. The van der Waals surface area contributed by atoms with Crippen molar-refractivity contribution in [2.75, 3.05) is 5.32 Å². The highest BCUT2D eigenvalue weighted by atomic mass is 32.1. The molecule has 2 aromatic rings. The average molecular weight is 362 g/mol. The van der Waals surface area contributed by atoms with Crippen molar-refractivity contribution in [2.45, 2.75) is 46.3 Å². The van der Waals surface area contributed by atoms with Gasteiger partial charge in [-0.15, -0.1) is 0 Å². The third-order valence-corrected chi connectivity index (χ3v) is 3.65. The Kier molecular flexibility index (Phi) is 6.81. The maximum atomic E-state index is 12.2. The minimum Gasteiger partial charge on any atom is -0.491 e. The van der Waals surface area contributed by atoms with Gasteiger partial charge in [0.25, 0.3) is 5.91 Å². The first-order chi connectivity index (χ1) is 12.0. The molecule has 0 saturated carbocycles. The summed E-state index contributed by atoms with van der Waals surface area (Å²) in [7, 11) is 0. The molecule has 0 aliphatic rings. The topological polar surface area (TPSA) is 94.0 Å². The van der Waals surface area contributed by atoms with Crippen molar-refractivity contribution in [3.8, 4) is 5.75 Å². The van der Waals surface area contributed by atoms with Crippen LogP contribution in [0.15, 0.2) is 24.3 Å². The molecule has 1 atom stereocenters. The number of aromatic nitrogens is 4. The Labute approximate surface area is 151 Å². The maximum absolute atomic E-state index is 12.2. The van der Waals surface area contributed by atoms with Crippen LogP contribution in [-0.4, -0.2) is 37.3 Å². The first-order valence-corrected chi connectivity index (χ1v) is 8.59. The predicted octanol–water partition coefficient (Wildman–Crippen LogP) is 2.39. The normalized spacial score (nSPS) is 11.6. The van der Waals surface area contributed by atoms with Gasteiger partial charge in [0.2, 0.25) is 5.95 Å². The van der Waals surface area contributed by atoms with E-state index in [0.29, 0.717) is 18.1 Å². The fourth-order valence-corrected chi connectivity index (χ4v) is 2.15. The zero-order valence-corrected chi connectivity index (χ0v) is 15.3. The van der Waals surface area contributed by atoms with E-state index in [1.807, 2.05) is 13.8 Å². The monoisotopic (exact) mass is 362 g/mol. The summed E-state index contributed by atoms with van der Waals surface area (Å²) in [6, 6.07) is 6.91. The van der Waals surface area contributed by atoms with Crippen molar-refractivity contribution in [1.82, 2.24) is 25.5 Å². The van der Waals surface area contributed by atoms with Gasteiger partial charge in [0.1, 0.15) is 5.75 Å². The van der Waals surface area contributed by atoms with Crippen LogP contribution in [0.5, 0.6) is 5.75 Å². The number of hydrogen-bond donors (Lipinski definition) is 2. The minimum absolute atomic E-state index is 0.130. The lowest BCUT2D eigenvalue weighted by atomic mass is 10.2. The van der Waals surface area contributed by atoms with Crippen LogP contribution in [0.25, 0.3) is 0 Å². The third-order valence-electron chi connectivity index (χ3n) is 3.45. The second-order valence-electron chi connectivity index (χ2n) is 5.49. The number of anilines is 1. The molecule has 25 heavy (non-hydrogen) atoms. The highest BCUT2D eigenvalue weighted by molar-refractivity contribution is 7.80. The fraction of sp³-hybridized carbons (Fsp3) is 0.438. The van der Waals surface area contributed by atoms with Crippen LogP contribution < -0.4 is 15.4 Å². The molecule has 0 spiro atoms. The van der Waals surface area contributed by atoms with E-state index in [0.717, 1.165) is 18.6 Å². The summed E-state index contributed by atoms with van der Waals surface area (Å²) in [6.45, 7) is 6.72.